The maximum atomic E-state index is 10.5. The van der Waals surface area contributed by atoms with Crippen LogP contribution in [0.2, 0.25) is 0 Å². The lowest BCUT2D eigenvalue weighted by molar-refractivity contribution is -0.392. The van der Waals surface area contributed by atoms with E-state index >= 15 is 0 Å². The third kappa shape index (κ3) is 5.52. The second kappa shape index (κ2) is 8.85. The molecule has 1 atom stereocenters. The number of rotatable bonds is 5. The molecular formula is C14H17ClN4O5. The zero-order chi connectivity index (χ0) is 18.3. The molecule has 0 radical (unpaired) electrons. The molecule has 0 fully saturated rings. The van der Waals surface area contributed by atoms with Gasteiger partial charge in [-0.25, -0.2) is 14.3 Å². The van der Waals surface area contributed by atoms with Gasteiger partial charge in [0.2, 0.25) is 0 Å². The van der Waals surface area contributed by atoms with E-state index in [0.29, 0.717) is 11.5 Å². The van der Waals surface area contributed by atoms with E-state index in [9.17, 15) is 20.0 Å². The Labute approximate surface area is 142 Å². The SMILES string of the molecule is Cc1ncc([N+](=O)[O-])n1C[C@H](O)CCl.Nc1ccc(C(=O)O)cc1. The number of aromatic nitrogens is 2. The van der Waals surface area contributed by atoms with Gasteiger partial charge in [-0.2, -0.15) is 0 Å². The van der Waals surface area contributed by atoms with E-state index < -0.39 is 17.0 Å². The molecule has 1 heterocycles. The van der Waals surface area contributed by atoms with Gasteiger partial charge in [0, 0.05) is 12.6 Å². The molecule has 0 aliphatic heterocycles. The summed E-state index contributed by atoms with van der Waals surface area (Å²) in [5, 5.41) is 28.2. The first-order valence-corrected chi connectivity index (χ1v) is 7.29. The van der Waals surface area contributed by atoms with Gasteiger partial charge in [-0.1, -0.05) is 0 Å². The third-order valence-corrected chi connectivity index (χ3v) is 3.31. The average Bonchev–Trinajstić information content (AvgIpc) is 2.89. The molecule has 0 aliphatic rings. The fourth-order valence-electron chi connectivity index (χ4n) is 1.71. The standard InChI is InChI=1S/C7H10ClN3O3.C7H7NO2/c1-5-9-3-7(11(13)14)10(5)4-6(12)2-8;8-6-3-1-5(2-4-6)7(9)10/h3,6,12H,2,4H2,1H3;1-4H,8H2,(H,9,10)/t6-;/m1./s1. The van der Waals surface area contributed by atoms with Gasteiger partial charge in [0.25, 0.3) is 0 Å². The van der Waals surface area contributed by atoms with Crippen LogP contribution in [-0.4, -0.2) is 42.6 Å². The lowest BCUT2D eigenvalue weighted by Crippen LogP contribution is -2.19. The highest BCUT2D eigenvalue weighted by molar-refractivity contribution is 6.18. The van der Waals surface area contributed by atoms with Gasteiger partial charge in [0.15, 0.2) is 5.82 Å². The number of anilines is 1. The largest absolute Gasteiger partial charge is 0.478 e. The van der Waals surface area contributed by atoms with Crippen molar-refractivity contribution in [2.24, 2.45) is 0 Å². The number of nitrogens with two attached hydrogens (primary N) is 1. The Bertz CT molecular complexity index is 702. The summed E-state index contributed by atoms with van der Waals surface area (Å²) >= 11 is 5.40. The van der Waals surface area contributed by atoms with E-state index in [1.54, 1.807) is 19.1 Å². The second-order valence-corrected chi connectivity index (χ2v) is 5.08. The molecule has 1 aromatic carbocycles. The van der Waals surface area contributed by atoms with Crippen LogP contribution < -0.4 is 5.73 Å². The van der Waals surface area contributed by atoms with Crippen molar-refractivity contribution in [2.45, 2.75) is 19.6 Å². The van der Waals surface area contributed by atoms with Crippen LogP contribution in [0, 0.1) is 17.0 Å². The minimum atomic E-state index is -0.931. The number of nitrogen functional groups attached to an aromatic ring is 1. The zero-order valence-electron chi connectivity index (χ0n) is 12.8. The number of halogens is 1. The maximum Gasteiger partial charge on any atom is 0.342 e. The summed E-state index contributed by atoms with van der Waals surface area (Å²) in [5.41, 5.74) is 6.17. The van der Waals surface area contributed by atoms with Crippen molar-refractivity contribution in [1.82, 2.24) is 9.55 Å². The Kier molecular flexibility index (Phi) is 7.15. The summed E-state index contributed by atoms with van der Waals surface area (Å²) < 4.78 is 1.33. The number of carboxylic acid groups (broad SMARTS) is 1. The molecule has 4 N–H and O–H groups in total. The minimum absolute atomic E-state index is 0.0365. The quantitative estimate of drug-likeness (QED) is 0.319. The van der Waals surface area contributed by atoms with Crippen LogP contribution >= 0.6 is 11.6 Å². The Hall–Kier alpha value is -2.65. The van der Waals surface area contributed by atoms with E-state index in [0.717, 1.165) is 6.20 Å². The van der Waals surface area contributed by atoms with Crippen LogP contribution in [-0.2, 0) is 6.54 Å². The normalized spacial score (nSPS) is 11.3. The first-order valence-electron chi connectivity index (χ1n) is 6.75. The Morgan fingerprint density at radius 2 is 2.04 bits per heavy atom. The number of benzene rings is 1. The van der Waals surface area contributed by atoms with Crippen LogP contribution in [0.3, 0.4) is 0 Å². The van der Waals surface area contributed by atoms with Crippen molar-refractivity contribution in [2.75, 3.05) is 11.6 Å². The molecule has 0 unspecified atom stereocenters. The molecule has 2 rings (SSSR count). The number of aliphatic hydroxyl groups excluding tert-OH is 1. The van der Waals surface area contributed by atoms with Crippen molar-refractivity contribution < 1.29 is 19.9 Å². The number of carbonyl (C=O) groups is 1. The van der Waals surface area contributed by atoms with Gasteiger partial charge in [0.05, 0.1) is 11.4 Å². The molecule has 10 heteroatoms. The summed E-state index contributed by atoms with van der Waals surface area (Å²) in [7, 11) is 0. The van der Waals surface area contributed by atoms with Crippen molar-refractivity contribution in [3.05, 3.63) is 52.0 Å². The third-order valence-electron chi connectivity index (χ3n) is 2.95. The van der Waals surface area contributed by atoms with Crippen molar-refractivity contribution >= 4 is 29.1 Å². The number of aliphatic hydroxyl groups is 1. The van der Waals surface area contributed by atoms with Gasteiger partial charge in [0.1, 0.15) is 18.8 Å². The number of nitrogens with zero attached hydrogens (tertiary/aromatic N) is 3. The Morgan fingerprint density at radius 1 is 1.46 bits per heavy atom. The average molecular weight is 357 g/mol. The molecule has 0 saturated carbocycles. The van der Waals surface area contributed by atoms with Crippen LogP contribution in [0.25, 0.3) is 0 Å². The summed E-state index contributed by atoms with van der Waals surface area (Å²) in [4.78, 5) is 24.1. The summed E-state index contributed by atoms with van der Waals surface area (Å²) in [5.74, 6) is -0.540. The predicted molar refractivity (Wildman–Crippen MR) is 88.2 cm³/mol. The maximum absolute atomic E-state index is 10.5. The van der Waals surface area contributed by atoms with Gasteiger partial charge < -0.3 is 26.1 Å². The Morgan fingerprint density at radius 3 is 2.50 bits per heavy atom. The van der Waals surface area contributed by atoms with Gasteiger partial charge in [-0.3, -0.25) is 0 Å². The number of imidazole rings is 1. The Balaban J connectivity index is 0.000000254. The zero-order valence-corrected chi connectivity index (χ0v) is 13.6. The van der Waals surface area contributed by atoms with E-state index in [1.807, 2.05) is 0 Å². The van der Waals surface area contributed by atoms with Crippen LogP contribution in [0.5, 0.6) is 0 Å². The number of aryl methyl sites for hydroxylation is 1. The molecule has 0 amide bonds. The fraction of sp³-hybridized carbons (Fsp3) is 0.286. The molecule has 130 valence electrons. The highest BCUT2D eigenvalue weighted by Gasteiger charge is 2.19. The first kappa shape index (κ1) is 19.4. The van der Waals surface area contributed by atoms with Crippen LogP contribution in [0.4, 0.5) is 11.5 Å². The number of hydrogen-bond donors (Lipinski definition) is 3. The van der Waals surface area contributed by atoms with E-state index in [-0.39, 0.29) is 23.8 Å². The lowest BCUT2D eigenvalue weighted by Gasteiger charge is -2.06. The molecule has 0 aliphatic carbocycles. The molecule has 0 saturated heterocycles. The van der Waals surface area contributed by atoms with E-state index in [4.69, 9.17) is 22.4 Å². The minimum Gasteiger partial charge on any atom is -0.478 e. The molecule has 2 aromatic rings. The molecule has 0 spiro atoms. The van der Waals surface area contributed by atoms with Crippen molar-refractivity contribution in [3.8, 4) is 0 Å². The molecule has 24 heavy (non-hydrogen) atoms. The van der Waals surface area contributed by atoms with E-state index in [2.05, 4.69) is 4.98 Å². The highest BCUT2D eigenvalue weighted by Crippen LogP contribution is 2.14. The first-order chi connectivity index (χ1) is 11.3. The molecular weight excluding hydrogens is 340 g/mol. The number of alkyl halides is 1. The topological polar surface area (TPSA) is 145 Å². The van der Waals surface area contributed by atoms with Gasteiger partial charge >= 0.3 is 11.8 Å². The second-order valence-electron chi connectivity index (χ2n) is 4.77. The predicted octanol–water partition coefficient (Wildman–Crippen LogP) is 1.67. The molecule has 0 bridgehead atoms. The van der Waals surface area contributed by atoms with Gasteiger partial charge in [-0.05, 0) is 29.2 Å². The smallest absolute Gasteiger partial charge is 0.342 e. The van der Waals surface area contributed by atoms with E-state index in [1.165, 1.54) is 16.7 Å². The van der Waals surface area contributed by atoms with Crippen LogP contribution in [0.15, 0.2) is 30.5 Å². The van der Waals surface area contributed by atoms with Crippen LogP contribution in [0.1, 0.15) is 16.2 Å². The number of aromatic carboxylic acids is 1. The number of carboxylic acids is 1. The van der Waals surface area contributed by atoms with Gasteiger partial charge in [-0.15, -0.1) is 11.6 Å². The summed E-state index contributed by atoms with van der Waals surface area (Å²) in [6.45, 7) is 1.72. The highest BCUT2D eigenvalue weighted by atomic mass is 35.5. The monoisotopic (exact) mass is 356 g/mol. The molecule has 1 aromatic heterocycles. The van der Waals surface area contributed by atoms with Crippen molar-refractivity contribution in [3.63, 3.8) is 0 Å². The molecule has 9 nitrogen and oxygen atoms in total. The number of nitro groups is 1. The van der Waals surface area contributed by atoms with Crippen molar-refractivity contribution in [1.29, 1.82) is 0 Å². The number of hydrogen-bond acceptors (Lipinski definition) is 6. The lowest BCUT2D eigenvalue weighted by atomic mass is 10.2. The summed E-state index contributed by atoms with van der Waals surface area (Å²) in [6, 6.07) is 6.06. The fourth-order valence-corrected chi connectivity index (χ4v) is 1.81. The summed E-state index contributed by atoms with van der Waals surface area (Å²) in [6.07, 6.45) is 0.360.